The minimum Gasteiger partial charge on any atom is -0.484 e. The van der Waals surface area contributed by atoms with Gasteiger partial charge in [0.2, 0.25) is 5.91 Å². The molecule has 0 fully saturated rings. The van der Waals surface area contributed by atoms with Crippen LogP contribution in [-0.4, -0.2) is 35.4 Å². The molecule has 0 bridgehead atoms. The summed E-state index contributed by atoms with van der Waals surface area (Å²) < 4.78 is 5.67. The first kappa shape index (κ1) is 22.8. The summed E-state index contributed by atoms with van der Waals surface area (Å²) in [6.45, 7) is 7.68. The second kappa shape index (κ2) is 10.9. The van der Waals surface area contributed by atoms with E-state index in [9.17, 15) is 9.59 Å². The minimum atomic E-state index is -0.658. The highest BCUT2D eigenvalue weighted by molar-refractivity contribution is 6.31. The van der Waals surface area contributed by atoms with E-state index in [1.54, 1.807) is 19.1 Å². The molecule has 0 saturated heterocycles. The van der Waals surface area contributed by atoms with Crippen molar-refractivity contribution >= 4 is 23.4 Å². The average molecular weight is 417 g/mol. The van der Waals surface area contributed by atoms with Gasteiger partial charge in [-0.15, -0.1) is 0 Å². The van der Waals surface area contributed by atoms with Crippen LogP contribution in [0.25, 0.3) is 0 Å². The fourth-order valence-corrected chi connectivity index (χ4v) is 2.99. The van der Waals surface area contributed by atoms with Gasteiger partial charge in [0.25, 0.3) is 5.91 Å². The van der Waals surface area contributed by atoms with Gasteiger partial charge in [0.1, 0.15) is 11.8 Å². The van der Waals surface area contributed by atoms with Gasteiger partial charge in [-0.3, -0.25) is 9.59 Å². The van der Waals surface area contributed by atoms with Crippen molar-refractivity contribution in [3.63, 3.8) is 0 Å². The van der Waals surface area contributed by atoms with Crippen LogP contribution in [0.2, 0.25) is 5.02 Å². The van der Waals surface area contributed by atoms with Gasteiger partial charge in [-0.05, 0) is 56.5 Å². The Morgan fingerprint density at radius 2 is 1.86 bits per heavy atom. The molecule has 2 aromatic rings. The van der Waals surface area contributed by atoms with Crippen LogP contribution < -0.4 is 10.1 Å². The topological polar surface area (TPSA) is 58.6 Å². The molecule has 2 aromatic carbocycles. The second-order valence-corrected chi connectivity index (χ2v) is 7.62. The number of aryl methyl sites for hydroxylation is 1. The number of amides is 2. The van der Waals surface area contributed by atoms with E-state index in [2.05, 4.69) is 5.32 Å². The number of carbonyl (C=O) groups is 2. The summed E-state index contributed by atoms with van der Waals surface area (Å²) in [7, 11) is 0. The van der Waals surface area contributed by atoms with Crippen molar-refractivity contribution in [3.8, 4) is 5.75 Å². The molecule has 0 aliphatic rings. The van der Waals surface area contributed by atoms with E-state index in [-0.39, 0.29) is 31.0 Å². The Bertz CT molecular complexity index is 840. The zero-order valence-electron chi connectivity index (χ0n) is 17.4. The van der Waals surface area contributed by atoms with Gasteiger partial charge < -0.3 is 15.0 Å². The summed E-state index contributed by atoms with van der Waals surface area (Å²) in [5.74, 6) is 0.140. The van der Waals surface area contributed by atoms with Crippen molar-refractivity contribution in [2.24, 2.45) is 0 Å². The predicted octanol–water partition coefficient (Wildman–Crippen LogP) is 4.36. The lowest BCUT2D eigenvalue weighted by Gasteiger charge is -2.30. The van der Waals surface area contributed by atoms with Crippen LogP contribution in [0.4, 0.5) is 0 Å². The molecule has 6 heteroatoms. The molecular weight excluding hydrogens is 388 g/mol. The van der Waals surface area contributed by atoms with Crippen LogP contribution in [0.5, 0.6) is 5.75 Å². The third kappa shape index (κ3) is 6.79. The predicted molar refractivity (Wildman–Crippen MR) is 116 cm³/mol. The van der Waals surface area contributed by atoms with Crippen molar-refractivity contribution in [2.75, 3.05) is 6.61 Å². The van der Waals surface area contributed by atoms with E-state index in [1.807, 2.05) is 57.2 Å². The number of rotatable bonds is 9. The molecule has 2 amide bonds. The van der Waals surface area contributed by atoms with Crippen LogP contribution in [0.3, 0.4) is 0 Å². The molecule has 0 spiro atoms. The quantitative estimate of drug-likeness (QED) is 0.660. The van der Waals surface area contributed by atoms with Crippen molar-refractivity contribution in [1.29, 1.82) is 0 Å². The number of nitrogens with one attached hydrogen (secondary N) is 1. The fourth-order valence-electron chi connectivity index (χ4n) is 2.79. The molecule has 2 rings (SSSR count). The summed E-state index contributed by atoms with van der Waals surface area (Å²) in [6, 6.07) is 14.2. The number of hydrogen-bond donors (Lipinski definition) is 1. The lowest BCUT2D eigenvalue weighted by atomic mass is 10.1. The maximum atomic E-state index is 13.0. The lowest BCUT2D eigenvalue weighted by Crippen LogP contribution is -2.50. The van der Waals surface area contributed by atoms with Crippen LogP contribution in [0.1, 0.15) is 38.3 Å². The van der Waals surface area contributed by atoms with Gasteiger partial charge in [-0.25, -0.2) is 0 Å². The molecular formula is C23H29ClN2O3. The highest BCUT2D eigenvalue weighted by atomic mass is 35.5. The highest BCUT2D eigenvalue weighted by Crippen LogP contribution is 2.19. The van der Waals surface area contributed by atoms with E-state index in [4.69, 9.17) is 16.3 Å². The third-order valence-corrected chi connectivity index (χ3v) is 5.19. The normalized spacial score (nSPS) is 12.7. The number of hydrogen-bond acceptors (Lipinski definition) is 3. The molecule has 0 aliphatic carbocycles. The van der Waals surface area contributed by atoms with Crippen molar-refractivity contribution < 1.29 is 14.3 Å². The Labute approximate surface area is 178 Å². The summed E-state index contributed by atoms with van der Waals surface area (Å²) in [4.78, 5) is 27.2. The van der Waals surface area contributed by atoms with E-state index in [1.165, 1.54) is 4.90 Å². The number of nitrogens with zero attached hydrogens (tertiary/aromatic N) is 1. The summed E-state index contributed by atoms with van der Waals surface area (Å²) in [5, 5.41) is 3.49. The Morgan fingerprint density at radius 1 is 1.14 bits per heavy atom. The molecule has 0 aliphatic heterocycles. The average Bonchev–Trinajstić information content (AvgIpc) is 2.70. The fraction of sp³-hybridized carbons (Fsp3) is 0.391. The Hall–Kier alpha value is -2.53. The first-order valence-corrected chi connectivity index (χ1v) is 10.2. The Kier molecular flexibility index (Phi) is 8.52. The van der Waals surface area contributed by atoms with Crippen molar-refractivity contribution in [3.05, 3.63) is 64.7 Å². The molecule has 29 heavy (non-hydrogen) atoms. The SMILES string of the molecule is CC[C@@H](C)NC(=O)[C@H](C)N(Cc1ccccc1Cl)C(=O)COc1cccc(C)c1. The first-order chi connectivity index (χ1) is 13.8. The molecule has 2 atom stereocenters. The number of benzene rings is 2. The molecule has 0 radical (unpaired) electrons. The maximum absolute atomic E-state index is 13.0. The van der Waals surface area contributed by atoms with Gasteiger partial charge in [0, 0.05) is 17.6 Å². The molecule has 0 unspecified atom stereocenters. The van der Waals surface area contributed by atoms with Crippen LogP contribution in [0, 0.1) is 6.92 Å². The Morgan fingerprint density at radius 3 is 2.52 bits per heavy atom. The van der Waals surface area contributed by atoms with Crippen molar-refractivity contribution in [1.82, 2.24) is 10.2 Å². The van der Waals surface area contributed by atoms with E-state index in [0.29, 0.717) is 10.8 Å². The molecule has 0 aromatic heterocycles. The summed E-state index contributed by atoms with van der Waals surface area (Å²) >= 11 is 6.28. The maximum Gasteiger partial charge on any atom is 0.261 e. The number of halogens is 1. The van der Waals surface area contributed by atoms with E-state index < -0.39 is 6.04 Å². The van der Waals surface area contributed by atoms with Crippen LogP contribution >= 0.6 is 11.6 Å². The largest absolute Gasteiger partial charge is 0.484 e. The molecule has 1 N–H and O–H groups in total. The highest BCUT2D eigenvalue weighted by Gasteiger charge is 2.27. The van der Waals surface area contributed by atoms with Gasteiger partial charge in [0.15, 0.2) is 6.61 Å². The van der Waals surface area contributed by atoms with Crippen molar-refractivity contribution in [2.45, 2.75) is 52.7 Å². The zero-order chi connectivity index (χ0) is 21.4. The van der Waals surface area contributed by atoms with Gasteiger partial charge in [0.05, 0.1) is 0 Å². The summed E-state index contributed by atoms with van der Waals surface area (Å²) in [5.41, 5.74) is 1.82. The summed E-state index contributed by atoms with van der Waals surface area (Å²) in [6.07, 6.45) is 0.813. The van der Waals surface area contributed by atoms with Gasteiger partial charge >= 0.3 is 0 Å². The minimum absolute atomic E-state index is 0.0331. The standard InChI is InChI=1S/C23H29ClN2O3/c1-5-17(3)25-23(28)18(4)26(14-19-10-6-7-12-21(19)24)22(27)15-29-20-11-8-9-16(2)13-20/h6-13,17-18H,5,14-15H2,1-4H3,(H,25,28)/t17-,18+/m1/s1. The smallest absolute Gasteiger partial charge is 0.261 e. The number of carbonyl (C=O) groups excluding carboxylic acids is 2. The first-order valence-electron chi connectivity index (χ1n) is 9.84. The third-order valence-electron chi connectivity index (χ3n) is 4.82. The molecule has 0 heterocycles. The monoisotopic (exact) mass is 416 g/mol. The van der Waals surface area contributed by atoms with Crippen LogP contribution in [0.15, 0.2) is 48.5 Å². The molecule has 156 valence electrons. The lowest BCUT2D eigenvalue weighted by molar-refractivity contribution is -0.142. The van der Waals surface area contributed by atoms with E-state index in [0.717, 1.165) is 17.5 Å². The number of ether oxygens (including phenoxy) is 1. The zero-order valence-corrected chi connectivity index (χ0v) is 18.2. The van der Waals surface area contributed by atoms with Gasteiger partial charge in [-0.2, -0.15) is 0 Å². The van der Waals surface area contributed by atoms with Gasteiger partial charge in [-0.1, -0.05) is 48.9 Å². The second-order valence-electron chi connectivity index (χ2n) is 7.21. The Balaban J connectivity index is 2.17. The molecule has 0 saturated carbocycles. The van der Waals surface area contributed by atoms with E-state index >= 15 is 0 Å². The molecule has 5 nitrogen and oxygen atoms in total. The van der Waals surface area contributed by atoms with Crippen LogP contribution in [-0.2, 0) is 16.1 Å².